The highest BCUT2D eigenvalue weighted by atomic mass is 32.1. The molecule has 5 heteroatoms. The summed E-state index contributed by atoms with van der Waals surface area (Å²) in [5, 5.41) is 11.5. The van der Waals surface area contributed by atoms with E-state index in [2.05, 4.69) is 16.9 Å². The molecule has 1 aromatic heterocycles. The fraction of sp³-hybridized carbons (Fsp3) is 0.692. The standard InChI is InChI=1S/C13H20N2O2S/c1-15(8-10-5-3-2-4-6-10)13-14-11(9-18-13)7-12(16)17/h9-10H,2-8H2,1H3,(H,16,17). The van der Waals surface area contributed by atoms with Gasteiger partial charge in [-0.1, -0.05) is 19.3 Å². The maximum Gasteiger partial charge on any atom is 0.309 e. The van der Waals surface area contributed by atoms with Crippen LogP contribution in [-0.2, 0) is 11.2 Å². The minimum atomic E-state index is -0.818. The van der Waals surface area contributed by atoms with Gasteiger partial charge in [-0.15, -0.1) is 11.3 Å². The lowest BCUT2D eigenvalue weighted by molar-refractivity contribution is -0.136. The van der Waals surface area contributed by atoms with Gasteiger partial charge in [0.1, 0.15) is 0 Å². The number of carboxylic acids is 1. The van der Waals surface area contributed by atoms with Gasteiger partial charge in [-0.25, -0.2) is 4.98 Å². The number of aromatic nitrogens is 1. The average Bonchev–Trinajstić information content (AvgIpc) is 2.78. The number of rotatable bonds is 5. The van der Waals surface area contributed by atoms with Gasteiger partial charge >= 0.3 is 5.97 Å². The molecule has 0 unspecified atom stereocenters. The van der Waals surface area contributed by atoms with Crippen LogP contribution in [-0.4, -0.2) is 29.7 Å². The lowest BCUT2D eigenvalue weighted by Crippen LogP contribution is -2.26. The molecular weight excluding hydrogens is 248 g/mol. The summed E-state index contributed by atoms with van der Waals surface area (Å²) in [5.74, 6) is -0.0441. The van der Waals surface area contributed by atoms with Crippen LogP contribution in [0.2, 0.25) is 0 Å². The van der Waals surface area contributed by atoms with Crippen molar-refractivity contribution in [1.82, 2.24) is 4.98 Å². The second-order valence-electron chi connectivity index (χ2n) is 5.08. The number of nitrogens with zero attached hydrogens (tertiary/aromatic N) is 2. The molecule has 1 aliphatic carbocycles. The van der Waals surface area contributed by atoms with Crippen LogP contribution in [0.15, 0.2) is 5.38 Å². The molecule has 1 fully saturated rings. The Hall–Kier alpha value is -1.10. The Labute approximate surface area is 112 Å². The fourth-order valence-electron chi connectivity index (χ4n) is 2.54. The average molecular weight is 268 g/mol. The SMILES string of the molecule is CN(CC1CCCCC1)c1nc(CC(=O)O)cs1. The predicted octanol–water partition coefficient (Wildman–Crippen LogP) is 2.79. The van der Waals surface area contributed by atoms with Crippen molar-refractivity contribution in [1.29, 1.82) is 0 Å². The Balaban J connectivity index is 1.89. The molecule has 18 heavy (non-hydrogen) atoms. The van der Waals surface area contributed by atoms with Gasteiger partial charge in [0.05, 0.1) is 12.1 Å². The van der Waals surface area contributed by atoms with Crippen LogP contribution in [0.25, 0.3) is 0 Å². The van der Waals surface area contributed by atoms with Gasteiger partial charge in [0.15, 0.2) is 5.13 Å². The minimum Gasteiger partial charge on any atom is -0.481 e. The Morgan fingerprint density at radius 3 is 2.89 bits per heavy atom. The summed E-state index contributed by atoms with van der Waals surface area (Å²) in [7, 11) is 2.05. The third-order valence-electron chi connectivity index (χ3n) is 3.46. The lowest BCUT2D eigenvalue weighted by atomic mass is 9.89. The van der Waals surface area contributed by atoms with E-state index in [4.69, 9.17) is 5.11 Å². The number of carboxylic acid groups (broad SMARTS) is 1. The van der Waals surface area contributed by atoms with Crippen LogP contribution in [0.3, 0.4) is 0 Å². The molecule has 1 aromatic rings. The van der Waals surface area contributed by atoms with Crippen molar-refractivity contribution in [3.63, 3.8) is 0 Å². The maximum absolute atomic E-state index is 10.6. The topological polar surface area (TPSA) is 53.4 Å². The summed E-state index contributed by atoms with van der Waals surface area (Å²) < 4.78 is 0. The number of carbonyl (C=O) groups is 1. The number of hydrogen-bond acceptors (Lipinski definition) is 4. The molecule has 0 aromatic carbocycles. The van der Waals surface area contributed by atoms with Crippen molar-refractivity contribution >= 4 is 22.4 Å². The summed E-state index contributed by atoms with van der Waals surface area (Å²) >= 11 is 1.54. The Kier molecular flexibility index (Phi) is 4.58. The highest BCUT2D eigenvalue weighted by molar-refractivity contribution is 7.13. The van der Waals surface area contributed by atoms with Crippen LogP contribution in [0.4, 0.5) is 5.13 Å². The van der Waals surface area contributed by atoms with E-state index in [-0.39, 0.29) is 6.42 Å². The van der Waals surface area contributed by atoms with E-state index in [1.54, 1.807) is 0 Å². The van der Waals surface area contributed by atoms with Gasteiger partial charge in [0.2, 0.25) is 0 Å². The molecule has 0 aliphatic heterocycles. The van der Waals surface area contributed by atoms with Gasteiger partial charge in [0.25, 0.3) is 0 Å². The number of anilines is 1. The third kappa shape index (κ3) is 3.70. The minimum absolute atomic E-state index is 0.0216. The van der Waals surface area contributed by atoms with E-state index in [1.165, 1.54) is 43.4 Å². The summed E-state index contributed by atoms with van der Waals surface area (Å²) in [4.78, 5) is 17.2. The summed E-state index contributed by atoms with van der Waals surface area (Å²) in [6, 6.07) is 0. The third-order valence-corrected chi connectivity index (χ3v) is 4.46. The first-order valence-corrected chi connectivity index (χ1v) is 7.40. The first-order chi connectivity index (χ1) is 8.65. The molecule has 100 valence electrons. The van der Waals surface area contributed by atoms with Crippen molar-refractivity contribution in [3.05, 3.63) is 11.1 Å². The van der Waals surface area contributed by atoms with Gasteiger partial charge in [-0.2, -0.15) is 0 Å². The number of thiazole rings is 1. The molecule has 4 nitrogen and oxygen atoms in total. The van der Waals surface area contributed by atoms with Gasteiger partial charge in [-0.3, -0.25) is 4.79 Å². The van der Waals surface area contributed by atoms with Crippen LogP contribution in [0.1, 0.15) is 37.8 Å². The zero-order valence-corrected chi connectivity index (χ0v) is 11.6. The molecule has 0 bridgehead atoms. The first kappa shape index (κ1) is 13.3. The zero-order chi connectivity index (χ0) is 13.0. The van der Waals surface area contributed by atoms with Crippen molar-refractivity contribution in [2.75, 3.05) is 18.5 Å². The van der Waals surface area contributed by atoms with E-state index in [0.717, 1.165) is 17.6 Å². The quantitative estimate of drug-likeness (QED) is 0.892. The van der Waals surface area contributed by atoms with E-state index in [0.29, 0.717) is 5.69 Å². The number of aliphatic carboxylic acids is 1. The van der Waals surface area contributed by atoms with E-state index >= 15 is 0 Å². The molecule has 0 atom stereocenters. The summed E-state index contributed by atoms with van der Waals surface area (Å²) in [5.41, 5.74) is 0.665. The van der Waals surface area contributed by atoms with E-state index in [9.17, 15) is 4.79 Å². The second kappa shape index (κ2) is 6.18. The first-order valence-electron chi connectivity index (χ1n) is 6.52. The summed E-state index contributed by atoms with van der Waals surface area (Å²) in [6.07, 6.45) is 6.73. The smallest absolute Gasteiger partial charge is 0.309 e. The molecule has 1 N–H and O–H groups in total. The normalized spacial score (nSPS) is 16.7. The molecule has 0 spiro atoms. The Bertz CT molecular complexity index is 399. The van der Waals surface area contributed by atoms with Crippen LogP contribution in [0.5, 0.6) is 0 Å². The van der Waals surface area contributed by atoms with Crippen LogP contribution >= 0.6 is 11.3 Å². The molecule has 2 rings (SSSR count). The van der Waals surface area contributed by atoms with Crippen molar-refractivity contribution in [3.8, 4) is 0 Å². The van der Waals surface area contributed by atoms with Crippen LogP contribution < -0.4 is 4.90 Å². The molecule has 0 saturated heterocycles. The molecule has 1 saturated carbocycles. The van der Waals surface area contributed by atoms with Crippen LogP contribution in [0, 0.1) is 5.92 Å². The van der Waals surface area contributed by atoms with Crippen molar-refractivity contribution < 1.29 is 9.90 Å². The predicted molar refractivity (Wildman–Crippen MR) is 73.3 cm³/mol. The molecular formula is C13H20N2O2S. The Morgan fingerprint density at radius 1 is 1.50 bits per heavy atom. The van der Waals surface area contributed by atoms with Crippen molar-refractivity contribution in [2.24, 2.45) is 5.92 Å². The van der Waals surface area contributed by atoms with E-state index in [1.807, 2.05) is 5.38 Å². The van der Waals surface area contributed by atoms with Crippen molar-refractivity contribution in [2.45, 2.75) is 38.5 Å². The fourth-order valence-corrected chi connectivity index (χ4v) is 3.34. The summed E-state index contributed by atoms with van der Waals surface area (Å²) in [6.45, 7) is 1.04. The highest BCUT2D eigenvalue weighted by Crippen LogP contribution is 2.27. The zero-order valence-electron chi connectivity index (χ0n) is 10.8. The Morgan fingerprint density at radius 2 is 2.22 bits per heavy atom. The maximum atomic E-state index is 10.6. The molecule has 0 radical (unpaired) electrons. The second-order valence-corrected chi connectivity index (χ2v) is 5.91. The monoisotopic (exact) mass is 268 g/mol. The number of hydrogen-bond donors (Lipinski definition) is 1. The lowest BCUT2D eigenvalue weighted by Gasteiger charge is -2.26. The van der Waals surface area contributed by atoms with Gasteiger partial charge < -0.3 is 10.0 Å². The molecule has 1 heterocycles. The van der Waals surface area contributed by atoms with Gasteiger partial charge in [-0.05, 0) is 18.8 Å². The van der Waals surface area contributed by atoms with E-state index < -0.39 is 5.97 Å². The highest BCUT2D eigenvalue weighted by Gasteiger charge is 2.17. The molecule has 1 aliphatic rings. The molecule has 0 amide bonds. The van der Waals surface area contributed by atoms with Gasteiger partial charge in [0, 0.05) is 19.0 Å². The largest absolute Gasteiger partial charge is 0.481 e.